The number of fused-ring (bicyclic) bond motifs is 3. The van der Waals surface area contributed by atoms with Crippen molar-refractivity contribution in [3.63, 3.8) is 0 Å². The minimum atomic E-state index is -0.811. The molecule has 4 aliphatic rings. The fourth-order valence-corrected chi connectivity index (χ4v) is 7.53. The van der Waals surface area contributed by atoms with Crippen LogP contribution in [0.25, 0.3) is 10.9 Å². The number of hydrogen-bond acceptors (Lipinski definition) is 5. The van der Waals surface area contributed by atoms with Crippen molar-refractivity contribution in [3.8, 4) is 5.75 Å². The minimum Gasteiger partial charge on any atom is -0.483 e. The number of halogens is 2. The van der Waals surface area contributed by atoms with E-state index in [0.29, 0.717) is 52.0 Å². The van der Waals surface area contributed by atoms with Gasteiger partial charge in [-0.25, -0.2) is 18.8 Å². The van der Waals surface area contributed by atoms with Gasteiger partial charge < -0.3 is 20.3 Å². The van der Waals surface area contributed by atoms with Crippen molar-refractivity contribution in [2.75, 3.05) is 18.4 Å². The number of benzene rings is 2. The lowest BCUT2D eigenvalue weighted by Crippen LogP contribution is -2.59. The van der Waals surface area contributed by atoms with Crippen LogP contribution in [0.4, 0.5) is 14.5 Å². The first kappa shape index (κ1) is 29.5. The van der Waals surface area contributed by atoms with Crippen molar-refractivity contribution in [3.05, 3.63) is 64.2 Å². The first-order chi connectivity index (χ1) is 20.4. The highest BCUT2D eigenvalue weighted by molar-refractivity contribution is 5.96. The summed E-state index contributed by atoms with van der Waals surface area (Å²) in [6.07, 6.45) is 2.40. The third-order valence-electron chi connectivity index (χ3n) is 10.1. The fourth-order valence-electron chi connectivity index (χ4n) is 7.53. The van der Waals surface area contributed by atoms with Gasteiger partial charge in [-0.1, -0.05) is 20.8 Å². The summed E-state index contributed by atoms with van der Waals surface area (Å²) < 4.78 is 34.4. The molecule has 3 saturated carbocycles. The van der Waals surface area contributed by atoms with Gasteiger partial charge in [0.25, 0.3) is 5.56 Å². The van der Waals surface area contributed by atoms with Crippen LogP contribution >= 0.6 is 0 Å². The lowest BCUT2D eigenvalue weighted by atomic mass is 9.45. The monoisotopic (exact) mass is 592 g/mol. The van der Waals surface area contributed by atoms with Crippen LogP contribution in [0.3, 0.4) is 0 Å². The second-order valence-corrected chi connectivity index (χ2v) is 13.5. The molecule has 43 heavy (non-hydrogen) atoms. The van der Waals surface area contributed by atoms with Crippen molar-refractivity contribution in [1.29, 1.82) is 0 Å². The third kappa shape index (κ3) is 5.61. The number of nitrogens with one attached hydrogen (secondary N) is 2. The summed E-state index contributed by atoms with van der Waals surface area (Å²) in [6, 6.07) is 9.53. The number of nitrogens with zero attached hydrogens (tertiary/aromatic N) is 4. The van der Waals surface area contributed by atoms with Gasteiger partial charge in [-0.2, -0.15) is 0 Å². The molecule has 1 saturated heterocycles. The van der Waals surface area contributed by atoms with Crippen LogP contribution in [-0.2, 0) is 13.7 Å². The number of hydrogen-bond donors (Lipinski definition) is 2. The Labute approximate surface area is 251 Å². The summed E-state index contributed by atoms with van der Waals surface area (Å²) in [5.41, 5.74) is 1.45. The van der Waals surface area contributed by atoms with Gasteiger partial charge in [-0.3, -0.25) is 9.36 Å². The SMILES string of the molecule is C[C@@H]1[C@@H](/N=C(/Nc2ccc3c(=O)n(C)c(COc4ccc(F)cc4F)nc3c2)N2C[C@@H](C)N[C@@H](C)C2)C[C@H]2C[C@@H]1C2(C)C. The molecule has 0 unspecified atom stereocenters. The summed E-state index contributed by atoms with van der Waals surface area (Å²) in [5.74, 6) is 1.47. The summed E-state index contributed by atoms with van der Waals surface area (Å²) in [5, 5.41) is 7.69. The van der Waals surface area contributed by atoms with E-state index < -0.39 is 11.6 Å². The average molecular weight is 593 g/mol. The van der Waals surface area contributed by atoms with Gasteiger partial charge in [0.15, 0.2) is 17.5 Å². The zero-order valence-corrected chi connectivity index (χ0v) is 25.8. The Hall–Kier alpha value is -3.53. The summed E-state index contributed by atoms with van der Waals surface area (Å²) >= 11 is 0. The summed E-state index contributed by atoms with van der Waals surface area (Å²) in [4.78, 5) is 25.6. The Kier molecular flexibility index (Phi) is 7.69. The first-order valence-corrected chi connectivity index (χ1v) is 15.3. The van der Waals surface area contributed by atoms with Crippen LogP contribution in [-0.4, -0.2) is 51.6 Å². The molecule has 0 radical (unpaired) electrons. The molecule has 1 aliphatic heterocycles. The maximum atomic E-state index is 14.1. The van der Waals surface area contributed by atoms with Gasteiger partial charge in [0.05, 0.1) is 16.9 Å². The molecule has 0 spiro atoms. The van der Waals surface area contributed by atoms with Crippen LogP contribution in [0.2, 0.25) is 0 Å². The highest BCUT2D eigenvalue weighted by Crippen LogP contribution is 2.61. The van der Waals surface area contributed by atoms with E-state index in [1.165, 1.54) is 17.1 Å². The number of anilines is 1. The topological polar surface area (TPSA) is 83.8 Å². The van der Waals surface area contributed by atoms with E-state index >= 15 is 0 Å². The largest absolute Gasteiger partial charge is 0.483 e. The van der Waals surface area contributed by atoms with Gasteiger partial charge in [0.1, 0.15) is 18.2 Å². The highest BCUT2D eigenvalue weighted by atomic mass is 19.1. The number of guanidine groups is 1. The molecule has 4 fully saturated rings. The Morgan fingerprint density at radius 2 is 1.86 bits per heavy atom. The molecule has 2 N–H and O–H groups in total. The van der Waals surface area contributed by atoms with Crippen molar-refractivity contribution in [2.24, 2.45) is 35.2 Å². The van der Waals surface area contributed by atoms with E-state index in [1.807, 2.05) is 12.1 Å². The molecule has 2 heterocycles. The molecule has 230 valence electrons. The maximum Gasteiger partial charge on any atom is 0.261 e. The van der Waals surface area contributed by atoms with E-state index in [0.717, 1.165) is 43.3 Å². The molecule has 8 nitrogen and oxygen atoms in total. The first-order valence-electron chi connectivity index (χ1n) is 15.3. The third-order valence-corrected chi connectivity index (χ3v) is 10.1. The van der Waals surface area contributed by atoms with Crippen molar-refractivity contribution >= 4 is 22.5 Å². The van der Waals surface area contributed by atoms with Gasteiger partial charge >= 0.3 is 0 Å². The molecule has 7 rings (SSSR count). The van der Waals surface area contributed by atoms with Gasteiger partial charge in [-0.05, 0) is 80.2 Å². The predicted octanol–water partition coefficient (Wildman–Crippen LogP) is 5.31. The van der Waals surface area contributed by atoms with Crippen LogP contribution in [0.15, 0.2) is 46.2 Å². The molecule has 2 bridgehead atoms. The van der Waals surface area contributed by atoms with Crippen LogP contribution in [0.5, 0.6) is 5.75 Å². The second-order valence-electron chi connectivity index (χ2n) is 13.5. The fraction of sp³-hybridized carbons (Fsp3) is 0.545. The number of ether oxygens (including phenoxy) is 1. The number of aromatic nitrogens is 2. The zero-order chi connectivity index (χ0) is 30.6. The molecule has 3 aromatic rings. The van der Waals surface area contributed by atoms with E-state index in [9.17, 15) is 13.6 Å². The highest BCUT2D eigenvalue weighted by Gasteiger charge is 2.56. The molecular formula is C33H42F2N6O2. The molecule has 10 heteroatoms. The average Bonchev–Trinajstić information content (AvgIpc) is 2.94. The van der Waals surface area contributed by atoms with E-state index in [-0.39, 0.29) is 24.0 Å². The summed E-state index contributed by atoms with van der Waals surface area (Å²) in [7, 11) is 1.61. The van der Waals surface area contributed by atoms with E-state index in [4.69, 9.17) is 14.7 Å². The van der Waals surface area contributed by atoms with Gasteiger partial charge in [0, 0.05) is 44.0 Å². The van der Waals surface area contributed by atoms with Crippen molar-refractivity contribution < 1.29 is 13.5 Å². The normalized spacial score (nSPS) is 28.5. The Morgan fingerprint density at radius 3 is 2.53 bits per heavy atom. The molecule has 2 aromatic carbocycles. The Bertz CT molecular complexity index is 1610. The summed E-state index contributed by atoms with van der Waals surface area (Å²) in [6.45, 7) is 13.1. The van der Waals surface area contributed by atoms with E-state index in [2.05, 4.69) is 50.2 Å². The van der Waals surface area contributed by atoms with Crippen LogP contribution < -0.4 is 20.9 Å². The smallest absolute Gasteiger partial charge is 0.261 e. The number of piperazine rings is 1. The maximum absolute atomic E-state index is 14.1. The number of aliphatic imine (C=N–C) groups is 1. The van der Waals surface area contributed by atoms with Crippen LogP contribution in [0.1, 0.15) is 53.3 Å². The standard InChI is InChI=1S/C33H42F2N6O2/c1-18-15-41(16-19(2)36-18)32(39-27-12-21-11-25(20(27)3)33(21,4)5)37-23-8-9-24-28(14-23)38-30(40(6)31(24)42)17-43-29-10-7-22(34)13-26(29)35/h7-10,13-14,18-21,25,27,36H,11-12,15-17H2,1-6H3,(H,37,39)/t18-,19+,20-,21+,25-,27-/m0/s1. The lowest BCUT2D eigenvalue weighted by Gasteiger charge is -2.61. The zero-order valence-electron chi connectivity index (χ0n) is 25.8. The second kappa shape index (κ2) is 11.2. The molecule has 3 aliphatic carbocycles. The van der Waals surface area contributed by atoms with Crippen LogP contribution in [0, 0.1) is 34.8 Å². The Morgan fingerprint density at radius 1 is 1.12 bits per heavy atom. The minimum absolute atomic E-state index is 0.107. The molecular weight excluding hydrogens is 550 g/mol. The Balaban J connectivity index is 1.30. The van der Waals surface area contributed by atoms with Gasteiger partial charge in [-0.15, -0.1) is 0 Å². The van der Waals surface area contributed by atoms with Crippen molar-refractivity contribution in [2.45, 2.75) is 72.2 Å². The lowest BCUT2D eigenvalue weighted by molar-refractivity contribution is -0.108. The molecule has 0 amide bonds. The quantitative estimate of drug-likeness (QED) is 0.309. The number of rotatable bonds is 5. The van der Waals surface area contributed by atoms with E-state index in [1.54, 1.807) is 13.1 Å². The molecule has 1 aromatic heterocycles. The van der Waals surface area contributed by atoms with Crippen molar-refractivity contribution in [1.82, 2.24) is 19.8 Å². The molecule has 6 atom stereocenters. The predicted molar refractivity (Wildman–Crippen MR) is 165 cm³/mol. The van der Waals surface area contributed by atoms with Gasteiger partial charge in [0.2, 0.25) is 0 Å².